The SMILES string of the molecule is Cc1cc(Oc2cc(C#N)ccc2N)cc(C)c1Br. The molecule has 0 radical (unpaired) electrons. The van der Waals surface area contributed by atoms with E-state index in [1.165, 1.54) is 0 Å². The number of hydrogen-bond acceptors (Lipinski definition) is 3. The van der Waals surface area contributed by atoms with Crippen molar-refractivity contribution in [1.29, 1.82) is 5.26 Å². The van der Waals surface area contributed by atoms with Gasteiger partial charge < -0.3 is 10.5 Å². The first-order chi connectivity index (χ1) is 9.01. The summed E-state index contributed by atoms with van der Waals surface area (Å²) in [6.45, 7) is 4.00. The van der Waals surface area contributed by atoms with Gasteiger partial charge in [0.15, 0.2) is 5.75 Å². The Kier molecular flexibility index (Phi) is 3.77. The summed E-state index contributed by atoms with van der Waals surface area (Å²) in [5, 5.41) is 8.89. The Morgan fingerprint density at radius 1 is 1.16 bits per heavy atom. The minimum absolute atomic E-state index is 0.500. The van der Waals surface area contributed by atoms with Crippen LogP contribution < -0.4 is 10.5 Å². The van der Waals surface area contributed by atoms with Gasteiger partial charge in [-0.3, -0.25) is 0 Å². The zero-order valence-corrected chi connectivity index (χ0v) is 12.3. The van der Waals surface area contributed by atoms with Gasteiger partial charge in [-0.15, -0.1) is 0 Å². The van der Waals surface area contributed by atoms with Crippen LogP contribution in [0.1, 0.15) is 16.7 Å². The van der Waals surface area contributed by atoms with E-state index in [0.717, 1.165) is 15.6 Å². The molecule has 2 rings (SSSR count). The molecule has 0 atom stereocenters. The van der Waals surface area contributed by atoms with Crippen molar-refractivity contribution in [2.24, 2.45) is 0 Å². The fourth-order valence-electron chi connectivity index (χ4n) is 1.78. The van der Waals surface area contributed by atoms with Crippen molar-refractivity contribution in [2.75, 3.05) is 5.73 Å². The van der Waals surface area contributed by atoms with Crippen molar-refractivity contribution in [2.45, 2.75) is 13.8 Å². The van der Waals surface area contributed by atoms with Gasteiger partial charge in [0.05, 0.1) is 17.3 Å². The number of nitrogens with two attached hydrogens (primary N) is 1. The molecule has 2 aromatic rings. The van der Waals surface area contributed by atoms with Gasteiger partial charge in [-0.2, -0.15) is 5.26 Å². The van der Waals surface area contributed by atoms with Gasteiger partial charge in [-0.05, 0) is 49.2 Å². The second kappa shape index (κ2) is 5.33. The molecule has 0 fully saturated rings. The van der Waals surface area contributed by atoms with Crippen LogP contribution in [0.15, 0.2) is 34.8 Å². The van der Waals surface area contributed by atoms with E-state index in [1.807, 2.05) is 26.0 Å². The predicted molar refractivity (Wildman–Crippen MR) is 79.3 cm³/mol. The second-order valence-electron chi connectivity index (χ2n) is 4.34. The Morgan fingerprint density at radius 2 is 1.79 bits per heavy atom. The van der Waals surface area contributed by atoms with Gasteiger partial charge in [-0.1, -0.05) is 15.9 Å². The number of rotatable bonds is 2. The Balaban J connectivity index is 2.39. The third kappa shape index (κ3) is 2.88. The molecule has 4 heteroatoms. The molecule has 0 spiro atoms. The number of benzene rings is 2. The number of aryl methyl sites for hydroxylation is 2. The first kappa shape index (κ1) is 13.4. The lowest BCUT2D eigenvalue weighted by molar-refractivity contribution is 0.484. The van der Waals surface area contributed by atoms with E-state index in [2.05, 4.69) is 22.0 Å². The molecule has 0 saturated carbocycles. The van der Waals surface area contributed by atoms with Gasteiger partial charge >= 0.3 is 0 Å². The molecule has 96 valence electrons. The van der Waals surface area contributed by atoms with Crippen LogP contribution in [0, 0.1) is 25.2 Å². The Bertz CT molecular complexity index is 651. The zero-order chi connectivity index (χ0) is 14.0. The van der Waals surface area contributed by atoms with Gasteiger partial charge in [-0.25, -0.2) is 0 Å². The van der Waals surface area contributed by atoms with Gasteiger partial charge in [0.2, 0.25) is 0 Å². The minimum atomic E-state index is 0.500. The Morgan fingerprint density at radius 3 is 2.37 bits per heavy atom. The molecule has 0 bridgehead atoms. The van der Waals surface area contributed by atoms with Crippen LogP contribution >= 0.6 is 15.9 Å². The number of nitrogens with zero attached hydrogens (tertiary/aromatic N) is 1. The summed E-state index contributed by atoms with van der Waals surface area (Å²) >= 11 is 3.51. The highest BCUT2D eigenvalue weighted by Gasteiger charge is 2.07. The molecule has 0 aliphatic rings. The first-order valence-corrected chi connectivity index (χ1v) is 6.55. The molecular weight excluding hydrogens is 304 g/mol. The van der Waals surface area contributed by atoms with E-state index in [1.54, 1.807) is 18.2 Å². The number of hydrogen-bond donors (Lipinski definition) is 1. The predicted octanol–water partition coefficient (Wildman–Crippen LogP) is 4.31. The largest absolute Gasteiger partial charge is 0.455 e. The summed E-state index contributed by atoms with van der Waals surface area (Å²) in [6, 6.07) is 10.9. The van der Waals surface area contributed by atoms with Crippen molar-refractivity contribution >= 4 is 21.6 Å². The van der Waals surface area contributed by atoms with Gasteiger partial charge in [0, 0.05) is 10.5 Å². The molecule has 0 amide bonds. The maximum atomic E-state index is 8.89. The molecule has 19 heavy (non-hydrogen) atoms. The molecule has 0 saturated heterocycles. The minimum Gasteiger partial charge on any atom is -0.455 e. The van der Waals surface area contributed by atoms with Crippen molar-refractivity contribution in [3.63, 3.8) is 0 Å². The summed E-state index contributed by atoms with van der Waals surface area (Å²) in [5.74, 6) is 1.21. The number of halogens is 1. The molecule has 3 nitrogen and oxygen atoms in total. The summed E-state index contributed by atoms with van der Waals surface area (Å²) in [5.41, 5.74) is 9.06. The van der Waals surface area contributed by atoms with Crippen LogP contribution in [0.2, 0.25) is 0 Å². The summed E-state index contributed by atoms with van der Waals surface area (Å²) < 4.78 is 6.84. The maximum absolute atomic E-state index is 8.89. The lowest BCUT2D eigenvalue weighted by atomic mass is 10.1. The lowest BCUT2D eigenvalue weighted by Crippen LogP contribution is -1.94. The lowest BCUT2D eigenvalue weighted by Gasteiger charge is -2.11. The van der Waals surface area contributed by atoms with E-state index in [4.69, 9.17) is 15.7 Å². The number of anilines is 1. The third-order valence-electron chi connectivity index (χ3n) is 2.78. The summed E-state index contributed by atoms with van der Waals surface area (Å²) in [4.78, 5) is 0. The van der Waals surface area contributed by atoms with Crippen LogP contribution in [-0.4, -0.2) is 0 Å². The van der Waals surface area contributed by atoms with Crippen LogP contribution in [0.3, 0.4) is 0 Å². The molecule has 2 aromatic carbocycles. The standard InChI is InChI=1S/C15H13BrN2O/c1-9-5-12(6-10(2)15(9)16)19-14-7-11(8-17)3-4-13(14)18/h3-7H,18H2,1-2H3. The monoisotopic (exact) mass is 316 g/mol. The van der Waals surface area contributed by atoms with E-state index >= 15 is 0 Å². The molecule has 0 unspecified atom stereocenters. The third-order valence-corrected chi connectivity index (χ3v) is 4.03. The maximum Gasteiger partial charge on any atom is 0.151 e. The van der Waals surface area contributed by atoms with Gasteiger partial charge in [0.25, 0.3) is 0 Å². The van der Waals surface area contributed by atoms with Crippen LogP contribution in [-0.2, 0) is 0 Å². The van der Waals surface area contributed by atoms with Crippen LogP contribution in [0.5, 0.6) is 11.5 Å². The molecule has 0 aliphatic carbocycles. The molecule has 2 N–H and O–H groups in total. The first-order valence-electron chi connectivity index (χ1n) is 5.75. The van der Waals surface area contributed by atoms with Crippen molar-refractivity contribution in [3.8, 4) is 17.6 Å². The van der Waals surface area contributed by atoms with E-state index in [9.17, 15) is 0 Å². The van der Waals surface area contributed by atoms with E-state index in [0.29, 0.717) is 22.7 Å². The van der Waals surface area contributed by atoms with Crippen molar-refractivity contribution in [3.05, 3.63) is 51.5 Å². The average molecular weight is 317 g/mol. The average Bonchev–Trinajstić information content (AvgIpc) is 2.38. The molecule has 0 heterocycles. The quantitative estimate of drug-likeness (QED) is 0.840. The zero-order valence-electron chi connectivity index (χ0n) is 10.7. The molecule has 0 aromatic heterocycles. The Labute approximate surface area is 120 Å². The summed E-state index contributed by atoms with van der Waals surface area (Å²) in [7, 11) is 0. The second-order valence-corrected chi connectivity index (χ2v) is 5.13. The van der Waals surface area contributed by atoms with Crippen LogP contribution in [0.4, 0.5) is 5.69 Å². The van der Waals surface area contributed by atoms with E-state index in [-0.39, 0.29) is 0 Å². The number of nitriles is 1. The summed E-state index contributed by atoms with van der Waals surface area (Å²) in [6.07, 6.45) is 0. The van der Waals surface area contributed by atoms with Crippen molar-refractivity contribution < 1.29 is 4.74 Å². The fraction of sp³-hybridized carbons (Fsp3) is 0.133. The van der Waals surface area contributed by atoms with Gasteiger partial charge in [0.1, 0.15) is 5.75 Å². The number of ether oxygens (including phenoxy) is 1. The smallest absolute Gasteiger partial charge is 0.151 e. The number of nitrogen functional groups attached to an aromatic ring is 1. The molecular formula is C15H13BrN2O. The topological polar surface area (TPSA) is 59.0 Å². The van der Waals surface area contributed by atoms with Crippen LogP contribution in [0.25, 0.3) is 0 Å². The van der Waals surface area contributed by atoms with Crippen molar-refractivity contribution in [1.82, 2.24) is 0 Å². The highest BCUT2D eigenvalue weighted by atomic mass is 79.9. The highest BCUT2D eigenvalue weighted by Crippen LogP contribution is 2.32. The molecule has 0 aliphatic heterocycles. The normalized spacial score (nSPS) is 10.0. The Hall–Kier alpha value is -1.99. The van der Waals surface area contributed by atoms with E-state index < -0.39 is 0 Å². The highest BCUT2D eigenvalue weighted by molar-refractivity contribution is 9.10. The fourth-order valence-corrected chi connectivity index (χ4v) is 2.01.